The largest absolute Gasteiger partial charge is 0.488 e. The van der Waals surface area contributed by atoms with Crippen molar-refractivity contribution < 1.29 is 9.47 Å². The second-order valence-electron chi connectivity index (χ2n) is 4.20. The third-order valence-corrected chi connectivity index (χ3v) is 3.20. The molecule has 1 heterocycles. The molecule has 0 saturated carbocycles. The lowest BCUT2D eigenvalue weighted by atomic mass is 10.1. The minimum atomic E-state index is 0.151. The van der Waals surface area contributed by atoms with Crippen molar-refractivity contribution in [2.24, 2.45) is 0 Å². The molecular weight excluding hydrogens is 238 g/mol. The Bertz CT molecular complexity index is 364. The Labute approximate surface area is 107 Å². The van der Waals surface area contributed by atoms with Gasteiger partial charge in [-0.2, -0.15) is 0 Å². The smallest absolute Gasteiger partial charge is 0.125 e. The summed E-state index contributed by atoms with van der Waals surface area (Å²) in [7, 11) is 1.90. The Kier molecular flexibility index (Phi) is 4.66. The van der Waals surface area contributed by atoms with Gasteiger partial charge in [0.05, 0.1) is 6.61 Å². The number of halogens is 1. The molecule has 1 aliphatic rings. The number of nitrogens with one attached hydrogen (secondary N) is 1. The van der Waals surface area contributed by atoms with E-state index in [-0.39, 0.29) is 6.10 Å². The van der Waals surface area contributed by atoms with Crippen LogP contribution < -0.4 is 10.1 Å². The van der Waals surface area contributed by atoms with Crippen LogP contribution in [-0.4, -0.2) is 26.4 Å². The molecule has 0 aliphatic carbocycles. The summed E-state index contributed by atoms with van der Waals surface area (Å²) in [6.07, 6.45) is 2.26. The molecule has 17 heavy (non-hydrogen) atoms. The maximum Gasteiger partial charge on any atom is 0.125 e. The molecule has 1 aliphatic heterocycles. The molecule has 0 aromatic heterocycles. The summed E-state index contributed by atoms with van der Waals surface area (Å²) in [5.41, 5.74) is 1.02. The molecule has 4 heteroatoms. The average molecular weight is 256 g/mol. The van der Waals surface area contributed by atoms with E-state index < -0.39 is 0 Å². The van der Waals surface area contributed by atoms with E-state index in [2.05, 4.69) is 5.32 Å². The SMILES string of the molecule is CNCc1c(Cl)cccc1OC1CCCOC1. The van der Waals surface area contributed by atoms with Gasteiger partial charge in [0.2, 0.25) is 0 Å². The fraction of sp³-hybridized carbons (Fsp3) is 0.538. The van der Waals surface area contributed by atoms with Crippen LogP contribution in [0.15, 0.2) is 18.2 Å². The highest BCUT2D eigenvalue weighted by Gasteiger charge is 2.17. The first-order chi connectivity index (χ1) is 8.31. The van der Waals surface area contributed by atoms with Crippen LogP contribution in [0.1, 0.15) is 18.4 Å². The van der Waals surface area contributed by atoms with Crippen molar-refractivity contribution in [3.8, 4) is 5.75 Å². The molecule has 0 amide bonds. The van der Waals surface area contributed by atoms with E-state index in [0.717, 1.165) is 35.8 Å². The number of rotatable bonds is 4. The topological polar surface area (TPSA) is 30.5 Å². The highest BCUT2D eigenvalue weighted by atomic mass is 35.5. The fourth-order valence-corrected chi connectivity index (χ4v) is 2.21. The van der Waals surface area contributed by atoms with Crippen LogP contribution in [-0.2, 0) is 11.3 Å². The van der Waals surface area contributed by atoms with Gasteiger partial charge in [0.25, 0.3) is 0 Å². The summed E-state index contributed by atoms with van der Waals surface area (Å²) in [5, 5.41) is 3.85. The van der Waals surface area contributed by atoms with E-state index in [0.29, 0.717) is 13.2 Å². The molecule has 0 spiro atoms. The predicted octanol–water partition coefficient (Wildman–Crippen LogP) is 2.62. The first-order valence-corrected chi connectivity index (χ1v) is 6.35. The number of hydrogen-bond donors (Lipinski definition) is 1. The first-order valence-electron chi connectivity index (χ1n) is 5.97. The molecule has 1 fully saturated rings. The number of hydrogen-bond acceptors (Lipinski definition) is 3. The molecule has 3 nitrogen and oxygen atoms in total. The van der Waals surface area contributed by atoms with Crippen LogP contribution in [0.25, 0.3) is 0 Å². The van der Waals surface area contributed by atoms with E-state index in [1.54, 1.807) is 0 Å². The maximum absolute atomic E-state index is 6.17. The van der Waals surface area contributed by atoms with Gasteiger partial charge in [0.15, 0.2) is 0 Å². The van der Waals surface area contributed by atoms with Crippen LogP contribution in [0, 0.1) is 0 Å². The highest BCUT2D eigenvalue weighted by molar-refractivity contribution is 6.31. The summed E-state index contributed by atoms with van der Waals surface area (Å²) in [6.45, 7) is 2.23. The van der Waals surface area contributed by atoms with Crippen molar-refractivity contribution in [1.29, 1.82) is 0 Å². The van der Waals surface area contributed by atoms with E-state index >= 15 is 0 Å². The van der Waals surface area contributed by atoms with Crippen molar-refractivity contribution in [3.05, 3.63) is 28.8 Å². The molecule has 1 N–H and O–H groups in total. The third kappa shape index (κ3) is 3.35. The Balaban J connectivity index is 2.10. The van der Waals surface area contributed by atoms with Gasteiger partial charge in [0.1, 0.15) is 11.9 Å². The Morgan fingerprint density at radius 2 is 2.41 bits per heavy atom. The zero-order chi connectivity index (χ0) is 12.1. The molecule has 1 aromatic rings. The van der Waals surface area contributed by atoms with Gasteiger partial charge < -0.3 is 14.8 Å². The summed E-state index contributed by atoms with van der Waals surface area (Å²) in [5.74, 6) is 0.863. The fourth-order valence-electron chi connectivity index (χ4n) is 1.98. The lowest BCUT2D eigenvalue weighted by Crippen LogP contribution is -2.28. The third-order valence-electron chi connectivity index (χ3n) is 2.84. The van der Waals surface area contributed by atoms with Crippen LogP contribution >= 0.6 is 11.6 Å². The molecule has 0 radical (unpaired) electrons. The molecular formula is C13H18ClNO2. The van der Waals surface area contributed by atoms with Crippen molar-refractivity contribution in [1.82, 2.24) is 5.32 Å². The van der Waals surface area contributed by atoms with Gasteiger partial charge in [-0.05, 0) is 32.0 Å². The molecule has 2 rings (SSSR count). The van der Waals surface area contributed by atoms with E-state index in [1.807, 2.05) is 25.2 Å². The van der Waals surface area contributed by atoms with Crippen molar-refractivity contribution in [2.75, 3.05) is 20.3 Å². The van der Waals surface area contributed by atoms with Crippen LogP contribution in [0.2, 0.25) is 5.02 Å². The molecule has 1 atom stereocenters. The van der Waals surface area contributed by atoms with Crippen molar-refractivity contribution in [2.45, 2.75) is 25.5 Å². The van der Waals surface area contributed by atoms with Gasteiger partial charge in [-0.15, -0.1) is 0 Å². The lowest BCUT2D eigenvalue weighted by Gasteiger charge is -2.24. The normalized spacial score (nSPS) is 20.2. The summed E-state index contributed by atoms with van der Waals surface area (Å²) < 4.78 is 11.4. The number of benzene rings is 1. The van der Waals surface area contributed by atoms with E-state index in [1.165, 1.54) is 0 Å². The van der Waals surface area contributed by atoms with Gasteiger partial charge in [-0.25, -0.2) is 0 Å². The Morgan fingerprint density at radius 1 is 1.53 bits per heavy atom. The van der Waals surface area contributed by atoms with Gasteiger partial charge in [0, 0.05) is 23.7 Å². The summed E-state index contributed by atoms with van der Waals surface area (Å²) >= 11 is 6.17. The monoisotopic (exact) mass is 255 g/mol. The zero-order valence-corrected chi connectivity index (χ0v) is 10.8. The quantitative estimate of drug-likeness (QED) is 0.897. The lowest BCUT2D eigenvalue weighted by molar-refractivity contribution is 0.00702. The van der Waals surface area contributed by atoms with Crippen molar-refractivity contribution >= 4 is 11.6 Å². The van der Waals surface area contributed by atoms with E-state index in [9.17, 15) is 0 Å². The van der Waals surface area contributed by atoms with Crippen molar-refractivity contribution in [3.63, 3.8) is 0 Å². The molecule has 1 aromatic carbocycles. The van der Waals surface area contributed by atoms with Gasteiger partial charge in [-0.1, -0.05) is 17.7 Å². The second-order valence-corrected chi connectivity index (χ2v) is 4.61. The Morgan fingerprint density at radius 3 is 3.12 bits per heavy atom. The van der Waals surface area contributed by atoms with Gasteiger partial charge in [-0.3, -0.25) is 0 Å². The van der Waals surface area contributed by atoms with E-state index in [4.69, 9.17) is 21.1 Å². The summed E-state index contributed by atoms with van der Waals surface area (Å²) in [4.78, 5) is 0. The molecule has 94 valence electrons. The average Bonchev–Trinajstić information content (AvgIpc) is 2.35. The maximum atomic E-state index is 6.17. The minimum absolute atomic E-state index is 0.151. The first kappa shape index (κ1) is 12.7. The molecule has 1 unspecified atom stereocenters. The standard InChI is InChI=1S/C13H18ClNO2/c1-15-8-11-12(14)5-2-6-13(11)17-10-4-3-7-16-9-10/h2,5-6,10,15H,3-4,7-9H2,1H3. The molecule has 0 bridgehead atoms. The zero-order valence-electron chi connectivity index (χ0n) is 10.0. The summed E-state index contributed by atoms with van der Waals surface area (Å²) in [6, 6.07) is 5.77. The highest BCUT2D eigenvalue weighted by Crippen LogP contribution is 2.28. The minimum Gasteiger partial charge on any atom is -0.488 e. The van der Waals surface area contributed by atoms with Crippen LogP contribution in [0.3, 0.4) is 0 Å². The van der Waals surface area contributed by atoms with Crippen LogP contribution in [0.4, 0.5) is 0 Å². The number of ether oxygens (including phenoxy) is 2. The predicted molar refractivity (Wildman–Crippen MR) is 68.7 cm³/mol. The Hall–Kier alpha value is -0.770. The van der Waals surface area contributed by atoms with Crippen LogP contribution in [0.5, 0.6) is 5.75 Å². The molecule has 1 saturated heterocycles. The second kappa shape index (κ2) is 6.24. The van der Waals surface area contributed by atoms with Gasteiger partial charge >= 0.3 is 0 Å².